The molecule has 0 bridgehead atoms. The third kappa shape index (κ3) is 9.67. The lowest BCUT2D eigenvalue weighted by atomic mass is 10.2. The van der Waals surface area contributed by atoms with Crippen LogP contribution >= 0.6 is 24.8 Å². The van der Waals surface area contributed by atoms with Gasteiger partial charge in [-0.2, -0.15) is 0 Å². The molecular formula is C23H36Cl2N6O2. The minimum Gasteiger partial charge on any atom is -0.458 e. The van der Waals surface area contributed by atoms with E-state index in [1.54, 1.807) is 0 Å². The molecule has 33 heavy (non-hydrogen) atoms. The summed E-state index contributed by atoms with van der Waals surface area (Å²) in [6.07, 6.45) is 0. The van der Waals surface area contributed by atoms with Crippen LogP contribution in [0.4, 0.5) is 0 Å². The summed E-state index contributed by atoms with van der Waals surface area (Å²) < 4.78 is 11.3. The van der Waals surface area contributed by atoms with Gasteiger partial charge in [0.2, 0.25) is 6.79 Å². The van der Waals surface area contributed by atoms with Crippen molar-refractivity contribution < 1.29 is 9.47 Å². The van der Waals surface area contributed by atoms with Crippen LogP contribution < -0.4 is 30.7 Å². The molecule has 0 radical (unpaired) electrons. The van der Waals surface area contributed by atoms with Crippen molar-refractivity contribution in [3.05, 3.63) is 59.7 Å². The first-order valence-electron chi connectivity index (χ1n) is 9.83. The molecule has 0 unspecified atom stereocenters. The van der Waals surface area contributed by atoms with Gasteiger partial charge in [-0.15, -0.1) is 24.8 Å². The van der Waals surface area contributed by atoms with Gasteiger partial charge in [-0.1, -0.05) is 39.1 Å². The molecule has 0 amide bonds. The molecule has 184 valence electrons. The number of halogens is 2. The minimum absolute atomic E-state index is 0. The van der Waals surface area contributed by atoms with Crippen molar-refractivity contribution in [2.45, 2.75) is 27.9 Å². The molecule has 2 aliphatic rings. The summed E-state index contributed by atoms with van der Waals surface area (Å²) in [5.74, 6) is 3.28. The number of benzene rings is 2. The molecule has 4 N–H and O–H groups in total. The van der Waals surface area contributed by atoms with Crippen LogP contribution in [0.25, 0.3) is 0 Å². The van der Waals surface area contributed by atoms with Crippen molar-refractivity contribution in [2.24, 2.45) is 9.98 Å². The molecule has 8 nitrogen and oxygen atoms in total. The smallest absolute Gasteiger partial charge is 0.230 e. The van der Waals surface area contributed by atoms with E-state index in [-0.39, 0.29) is 46.5 Å². The Morgan fingerprint density at radius 3 is 1.39 bits per heavy atom. The predicted octanol–water partition coefficient (Wildman–Crippen LogP) is 3.32. The van der Waals surface area contributed by atoms with Crippen molar-refractivity contribution in [1.82, 2.24) is 21.3 Å². The summed E-state index contributed by atoms with van der Waals surface area (Å²) in [6, 6.07) is 15.9. The molecule has 0 saturated carbocycles. The van der Waals surface area contributed by atoms with E-state index in [1.807, 2.05) is 48.5 Å². The Morgan fingerprint density at radius 1 is 0.667 bits per heavy atom. The van der Waals surface area contributed by atoms with Crippen LogP contribution in [0, 0.1) is 0 Å². The van der Waals surface area contributed by atoms with E-state index in [0.29, 0.717) is 0 Å². The molecule has 2 aliphatic heterocycles. The first-order chi connectivity index (χ1) is 14.3. The Labute approximate surface area is 209 Å². The van der Waals surface area contributed by atoms with Crippen molar-refractivity contribution in [2.75, 3.05) is 33.0 Å². The molecule has 10 heteroatoms. The second-order valence-electron chi connectivity index (χ2n) is 6.72. The molecule has 0 aromatic heterocycles. The number of guanidine groups is 2. The maximum atomic E-state index is 5.67. The van der Waals surface area contributed by atoms with E-state index in [2.05, 4.69) is 31.3 Å². The molecule has 0 saturated heterocycles. The van der Waals surface area contributed by atoms with Crippen LogP contribution in [-0.2, 0) is 13.1 Å². The zero-order valence-electron chi connectivity index (χ0n) is 17.1. The highest BCUT2D eigenvalue weighted by atomic mass is 35.5. The van der Waals surface area contributed by atoms with Gasteiger partial charge in [-0.3, -0.25) is 9.98 Å². The van der Waals surface area contributed by atoms with Gasteiger partial charge in [0.05, 0.1) is 13.1 Å². The van der Waals surface area contributed by atoms with Crippen LogP contribution in [-0.4, -0.2) is 44.9 Å². The Balaban J connectivity index is 0.00000256. The normalized spacial score (nSPS) is 13.2. The average molecular weight is 499 g/mol. The Morgan fingerprint density at radius 2 is 1.06 bits per heavy atom. The number of hydrogen-bond acceptors (Lipinski definition) is 8. The van der Waals surface area contributed by atoms with Gasteiger partial charge >= 0.3 is 0 Å². The first-order valence-corrected chi connectivity index (χ1v) is 9.83. The van der Waals surface area contributed by atoms with Crippen LogP contribution in [0.2, 0.25) is 0 Å². The summed E-state index contributed by atoms with van der Waals surface area (Å²) in [4.78, 5) is 8.63. The lowest BCUT2D eigenvalue weighted by Crippen LogP contribution is -2.33. The molecule has 4 rings (SSSR count). The van der Waals surface area contributed by atoms with Crippen molar-refractivity contribution >= 4 is 36.7 Å². The van der Waals surface area contributed by atoms with E-state index in [4.69, 9.17) is 9.47 Å². The van der Waals surface area contributed by atoms with Gasteiger partial charge in [0.1, 0.15) is 11.5 Å². The molecule has 0 spiro atoms. The van der Waals surface area contributed by atoms with Gasteiger partial charge in [-0.25, -0.2) is 0 Å². The van der Waals surface area contributed by atoms with E-state index >= 15 is 0 Å². The van der Waals surface area contributed by atoms with Gasteiger partial charge in [0.25, 0.3) is 0 Å². The molecule has 2 aromatic rings. The molecule has 0 fully saturated rings. The molecule has 2 heterocycles. The van der Waals surface area contributed by atoms with Crippen LogP contribution in [0.1, 0.15) is 26.0 Å². The Kier molecular flexibility index (Phi) is 14.5. The monoisotopic (exact) mass is 498 g/mol. The van der Waals surface area contributed by atoms with Crippen LogP contribution in [0.15, 0.2) is 58.5 Å². The molecule has 0 aliphatic carbocycles. The van der Waals surface area contributed by atoms with Crippen molar-refractivity contribution in [3.8, 4) is 11.5 Å². The van der Waals surface area contributed by atoms with Gasteiger partial charge in [-0.05, 0) is 35.4 Å². The third-order valence-electron chi connectivity index (χ3n) is 4.57. The van der Waals surface area contributed by atoms with E-state index in [1.165, 1.54) is 0 Å². The fraction of sp³-hybridized carbons (Fsp3) is 0.391. The lowest BCUT2D eigenvalue weighted by Gasteiger charge is -2.11. The topological polar surface area (TPSA) is 91.3 Å². The number of rotatable bonds is 8. The highest BCUT2D eigenvalue weighted by molar-refractivity contribution is 5.85. The van der Waals surface area contributed by atoms with Gasteiger partial charge < -0.3 is 30.7 Å². The first kappa shape index (κ1) is 30.2. The quantitative estimate of drug-likeness (QED) is 0.417. The highest BCUT2D eigenvalue weighted by Crippen LogP contribution is 2.15. The molecular weight excluding hydrogens is 463 g/mol. The summed E-state index contributed by atoms with van der Waals surface area (Å²) in [5, 5.41) is 12.9. The summed E-state index contributed by atoms with van der Waals surface area (Å²) in [5.41, 5.74) is 2.33. The van der Waals surface area contributed by atoms with E-state index in [0.717, 1.165) is 73.8 Å². The van der Waals surface area contributed by atoms with Crippen LogP contribution in [0.3, 0.4) is 0 Å². The summed E-state index contributed by atoms with van der Waals surface area (Å²) in [7, 11) is 0. The number of nitrogens with one attached hydrogen (secondary N) is 4. The van der Waals surface area contributed by atoms with E-state index < -0.39 is 0 Å². The maximum Gasteiger partial charge on any atom is 0.230 e. The lowest BCUT2D eigenvalue weighted by molar-refractivity contribution is 0.120. The standard InChI is InChI=1S/C21H26N6O2.2CH4.2ClH/c1-5-18(6-2-16(1)13-26-20-22-9-10-23-20)28-15-29-19-7-3-17(4-8-19)14-27-21-24-11-12-25-21;;;;/h1-8H,9-15H2,(H2,22,23,26)(H2,24,25,27);2*1H4;2*1H. The van der Waals surface area contributed by atoms with Gasteiger partial charge in [0, 0.05) is 26.2 Å². The summed E-state index contributed by atoms with van der Waals surface area (Å²) >= 11 is 0. The Bertz CT molecular complexity index is 789. The SMILES string of the molecule is C.C.Cl.Cl.c1cc(OCOc2ccc(CNC3=NCCN3)cc2)ccc1CNC1=NCCN1. The molecule has 0 atom stereocenters. The number of nitrogens with zero attached hydrogens (tertiary/aromatic N) is 2. The van der Waals surface area contributed by atoms with E-state index in [9.17, 15) is 0 Å². The zero-order chi connectivity index (χ0) is 19.7. The molecule has 2 aromatic carbocycles. The number of ether oxygens (including phenoxy) is 2. The minimum atomic E-state index is 0. The van der Waals surface area contributed by atoms with Crippen molar-refractivity contribution in [3.63, 3.8) is 0 Å². The zero-order valence-corrected chi connectivity index (χ0v) is 18.7. The average Bonchev–Trinajstić information content (AvgIpc) is 3.47. The maximum absolute atomic E-state index is 5.67. The largest absolute Gasteiger partial charge is 0.458 e. The van der Waals surface area contributed by atoms with Crippen LogP contribution in [0.5, 0.6) is 11.5 Å². The highest BCUT2D eigenvalue weighted by Gasteiger charge is 2.05. The fourth-order valence-corrected chi connectivity index (χ4v) is 2.98. The number of hydrogen-bond donors (Lipinski definition) is 4. The third-order valence-corrected chi connectivity index (χ3v) is 4.57. The van der Waals surface area contributed by atoms with Crippen molar-refractivity contribution in [1.29, 1.82) is 0 Å². The Hall–Kier alpha value is -2.84. The number of aliphatic imine (C=N–C) groups is 2. The second-order valence-corrected chi connectivity index (χ2v) is 6.72. The summed E-state index contributed by atoms with van der Waals surface area (Å²) in [6.45, 7) is 5.10. The predicted molar refractivity (Wildman–Crippen MR) is 141 cm³/mol. The van der Waals surface area contributed by atoms with Gasteiger partial charge in [0.15, 0.2) is 11.9 Å². The fourth-order valence-electron chi connectivity index (χ4n) is 2.98. The second kappa shape index (κ2) is 15.9.